The van der Waals surface area contributed by atoms with Gasteiger partial charge in [0.25, 0.3) is 5.89 Å². The first-order chi connectivity index (χ1) is 5.77. The lowest BCUT2D eigenvalue weighted by atomic mass is 10.3. The largest absolute Gasteiger partial charge is 0.432 e. The highest BCUT2D eigenvalue weighted by molar-refractivity contribution is 5.90. The topological polar surface area (TPSA) is 66.9 Å². The molecule has 4 nitrogen and oxygen atoms in total. The van der Waals surface area contributed by atoms with Crippen LogP contribution in [0.5, 0.6) is 0 Å². The highest BCUT2D eigenvalue weighted by Gasteiger charge is 2.09. The zero-order chi connectivity index (χ0) is 8.55. The Morgan fingerprint density at radius 2 is 2.17 bits per heavy atom. The van der Waals surface area contributed by atoms with Crippen molar-refractivity contribution in [2.75, 3.05) is 0 Å². The number of aromatic nitrogens is 1. The highest BCUT2D eigenvalue weighted by atomic mass is 16.4. The van der Waals surface area contributed by atoms with Crippen molar-refractivity contribution in [1.82, 2.24) is 10.7 Å². The maximum Gasteiger partial charge on any atom is 0.325 e. The molecule has 1 heterocycles. The van der Waals surface area contributed by atoms with Gasteiger partial charge in [0, 0.05) is 0 Å². The molecule has 4 heteroatoms. The van der Waals surface area contributed by atoms with Gasteiger partial charge in [-0.05, 0) is 12.1 Å². The predicted octanol–water partition coefficient (Wildman–Crippen LogP) is 1.25. The summed E-state index contributed by atoms with van der Waals surface area (Å²) in [5.74, 6) is -1.05. The van der Waals surface area contributed by atoms with E-state index < -0.39 is 5.91 Å². The molecule has 1 N–H and O–H groups in total. The lowest BCUT2D eigenvalue weighted by Crippen LogP contribution is -1.97. The summed E-state index contributed by atoms with van der Waals surface area (Å²) in [6.45, 7) is 0. The zero-order valence-corrected chi connectivity index (χ0v) is 6.07. The smallest absolute Gasteiger partial charge is 0.325 e. The molecule has 0 bridgehead atoms. The van der Waals surface area contributed by atoms with E-state index in [1.165, 1.54) is 0 Å². The number of fused-ring (bicyclic) bond motifs is 1. The second-order valence-electron chi connectivity index (χ2n) is 2.32. The van der Waals surface area contributed by atoms with Crippen molar-refractivity contribution in [1.29, 1.82) is 0 Å². The summed E-state index contributed by atoms with van der Waals surface area (Å²) >= 11 is 0. The van der Waals surface area contributed by atoms with Crippen molar-refractivity contribution in [2.45, 2.75) is 0 Å². The van der Waals surface area contributed by atoms with Crippen molar-refractivity contribution in [3.05, 3.63) is 30.2 Å². The molecule has 0 unspecified atom stereocenters. The summed E-state index contributed by atoms with van der Waals surface area (Å²) in [5.41, 5.74) is 7.90. The van der Waals surface area contributed by atoms with Crippen LogP contribution < -0.4 is 5.73 Å². The minimum atomic E-state index is -0.897. The molecule has 59 valence electrons. The van der Waals surface area contributed by atoms with Crippen molar-refractivity contribution in [3.8, 4) is 0 Å². The van der Waals surface area contributed by atoms with Gasteiger partial charge in [0.1, 0.15) is 5.52 Å². The second-order valence-corrected chi connectivity index (χ2v) is 2.32. The van der Waals surface area contributed by atoms with Crippen molar-refractivity contribution < 1.29 is 9.21 Å². The van der Waals surface area contributed by atoms with E-state index in [-0.39, 0.29) is 5.89 Å². The normalized spacial score (nSPS) is 10.3. The van der Waals surface area contributed by atoms with Gasteiger partial charge in [0.05, 0.1) is 0 Å². The molecule has 1 aromatic heterocycles. The Bertz CT molecular complexity index is 400. The van der Waals surface area contributed by atoms with Gasteiger partial charge in [-0.25, -0.2) is 4.98 Å². The third kappa shape index (κ3) is 0.934. The molecule has 0 saturated heterocycles. The van der Waals surface area contributed by atoms with E-state index in [1.807, 2.05) is 0 Å². The number of rotatable bonds is 1. The summed E-state index contributed by atoms with van der Waals surface area (Å²) in [6.07, 6.45) is 0. The second kappa shape index (κ2) is 2.34. The molecule has 2 aromatic rings. The SMILES string of the molecule is [NH]C(=O)c1nc2ccccc2o1. The van der Waals surface area contributed by atoms with Gasteiger partial charge in [0.2, 0.25) is 0 Å². The lowest BCUT2D eigenvalue weighted by Gasteiger charge is -1.80. The first-order valence-corrected chi connectivity index (χ1v) is 3.39. The number of benzene rings is 1. The lowest BCUT2D eigenvalue weighted by molar-refractivity contribution is 0.0961. The highest BCUT2D eigenvalue weighted by Crippen LogP contribution is 2.13. The van der Waals surface area contributed by atoms with Gasteiger partial charge in [-0.3, -0.25) is 10.5 Å². The fourth-order valence-electron chi connectivity index (χ4n) is 0.969. The molecule has 0 atom stereocenters. The van der Waals surface area contributed by atoms with E-state index >= 15 is 0 Å². The molecular weight excluding hydrogens is 156 g/mol. The van der Waals surface area contributed by atoms with E-state index in [2.05, 4.69) is 4.98 Å². The number of amides is 1. The molecule has 0 saturated carbocycles. The van der Waals surface area contributed by atoms with Crippen LogP contribution in [0, 0.1) is 0 Å². The Labute approximate surface area is 68.0 Å². The third-order valence-electron chi connectivity index (χ3n) is 1.49. The van der Waals surface area contributed by atoms with Crippen LogP contribution in [0.3, 0.4) is 0 Å². The van der Waals surface area contributed by atoms with Gasteiger partial charge in [-0.15, -0.1) is 0 Å². The Morgan fingerprint density at radius 1 is 1.42 bits per heavy atom. The van der Waals surface area contributed by atoms with Gasteiger partial charge in [-0.2, -0.15) is 0 Å². The Balaban J connectivity index is 2.70. The van der Waals surface area contributed by atoms with Crippen LogP contribution in [0.4, 0.5) is 0 Å². The van der Waals surface area contributed by atoms with E-state index in [9.17, 15) is 4.79 Å². The number of hydrogen-bond acceptors (Lipinski definition) is 3. The summed E-state index contributed by atoms with van der Waals surface area (Å²) in [6, 6.07) is 7.01. The molecule has 1 aromatic carbocycles. The minimum Gasteiger partial charge on any atom is -0.432 e. The van der Waals surface area contributed by atoms with Crippen LogP contribution in [-0.4, -0.2) is 10.9 Å². The third-order valence-corrected chi connectivity index (χ3v) is 1.49. The number of para-hydroxylation sites is 2. The molecule has 0 aliphatic heterocycles. The molecular formula is C8H5N2O2. The predicted molar refractivity (Wildman–Crippen MR) is 41.4 cm³/mol. The Morgan fingerprint density at radius 3 is 2.83 bits per heavy atom. The molecule has 0 aliphatic rings. The summed E-state index contributed by atoms with van der Waals surface area (Å²) in [7, 11) is 0. The van der Waals surface area contributed by atoms with Crippen molar-refractivity contribution in [3.63, 3.8) is 0 Å². The fourth-order valence-corrected chi connectivity index (χ4v) is 0.969. The van der Waals surface area contributed by atoms with Gasteiger partial charge < -0.3 is 4.42 Å². The van der Waals surface area contributed by atoms with Crippen LogP contribution >= 0.6 is 0 Å². The van der Waals surface area contributed by atoms with Gasteiger partial charge in [-0.1, -0.05) is 12.1 Å². The Hall–Kier alpha value is -1.84. The fraction of sp³-hybridized carbons (Fsp3) is 0. The number of oxazole rings is 1. The van der Waals surface area contributed by atoms with Gasteiger partial charge in [0.15, 0.2) is 5.58 Å². The number of hydrogen-bond donors (Lipinski definition) is 0. The first-order valence-electron chi connectivity index (χ1n) is 3.39. The maximum absolute atomic E-state index is 10.5. The van der Waals surface area contributed by atoms with Crippen LogP contribution in [0.1, 0.15) is 10.7 Å². The number of nitrogens with zero attached hydrogens (tertiary/aromatic N) is 1. The molecule has 0 spiro atoms. The minimum absolute atomic E-state index is 0.156. The van der Waals surface area contributed by atoms with Crippen LogP contribution in [0.2, 0.25) is 0 Å². The summed E-state index contributed by atoms with van der Waals surface area (Å²) < 4.78 is 4.98. The monoisotopic (exact) mass is 161 g/mol. The quantitative estimate of drug-likeness (QED) is 0.632. The maximum atomic E-state index is 10.5. The zero-order valence-electron chi connectivity index (χ0n) is 6.07. The van der Waals surface area contributed by atoms with Gasteiger partial charge >= 0.3 is 5.91 Å². The van der Waals surface area contributed by atoms with Crippen LogP contribution in [-0.2, 0) is 0 Å². The number of carbonyl (C=O) groups is 1. The van der Waals surface area contributed by atoms with E-state index in [4.69, 9.17) is 10.2 Å². The average Bonchev–Trinajstić information content (AvgIpc) is 2.46. The van der Waals surface area contributed by atoms with Crippen LogP contribution in [0.15, 0.2) is 28.7 Å². The molecule has 2 rings (SSSR count). The van der Waals surface area contributed by atoms with Crippen molar-refractivity contribution >= 4 is 17.0 Å². The first kappa shape index (κ1) is 6.84. The standard InChI is InChI=1S/C8H5N2O2/c9-7(11)8-10-5-3-1-2-4-6(5)12-8/h1-4,9H. The molecule has 1 amide bonds. The molecule has 12 heavy (non-hydrogen) atoms. The number of nitrogens with one attached hydrogen (secondary N) is 1. The van der Waals surface area contributed by atoms with E-state index in [0.29, 0.717) is 11.1 Å². The number of carbonyl (C=O) groups excluding carboxylic acids is 1. The molecule has 0 fully saturated rings. The summed E-state index contributed by atoms with van der Waals surface area (Å²) in [4.78, 5) is 14.3. The van der Waals surface area contributed by atoms with E-state index in [1.54, 1.807) is 24.3 Å². The van der Waals surface area contributed by atoms with E-state index in [0.717, 1.165) is 0 Å². The Kier molecular flexibility index (Phi) is 1.33. The molecule has 1 radical (unpaired) electrons. The molecule has 0 aliphatic carbocycles. The van der Waals surface area contributed by atoms with Crippen LogP contribution in [0.25, 0.3) is 11.1 Å². The summed E-state index contributed by atoms with van der Waals surface area (Å²) in [5, 5.41) is 0. The van der Waals surface area contributed by atoms with Crippen molar-refractivity contribution in [2.24, 2.45) is 0 Å². The average molecular weight is 161 g/mol.